The lowest BCUT2D eigenvalue weighted by Gasteiger charge is -2.35. The van der Waals surface area contributed by atoms with Gasteiger partial charge in [0.25, 0.3) is 0 Å². The minimum atomic E-state index is 0.390. The molecular weight excluding hydrogens is 268 g/mol. The summed E-state index contributed by atoms with van der Waals surface area (Å²) in [5.74, 6) is 2.05. The van der Waals surface area contributed by atoms with Gasteiger partial charge in [-0.15, -0.1) is 0 Å². The van der Waals surface area contributed by atoms with Gasteiger partial charge in [0.1, 0.15) is 18.2 Å². The Hall–Kier alpha value is -1.44. The number of nitrogens with zero attached hydrogens (tertiary/aromatic N) is 5. The van der Waals surface area contributed by atoms with Crippen LogP contribution in [0, 0.1) is 0 Å². The second kappa shape index (κ2) is 7.53. The van der Waals surface area contributed by atoms with Crippen molar-refractivity contribution in [3.05, 3.63) is 11.9 Å². The molecule has 0 aromatic carbocycles. The summed E-state index contributed by atoms with van der Waals surface area (Å²) >= 11 is 0. The van der Waals surface area contributed by atoms with E-state index in [0.29, 0.717) is 18.2 Å². The maximum absolute atomic E-state index is 5.86. The number of rotatable bonds is 6. The summed E-state index contributed by atoms with van der Waals surface area (Å²) in [5.41, 5.74) is 5.86. The van der Waals surface area contributed by atoms with Crippen molar-refractivity contribution in [1.29, 1.82) is 0 Å². The van der Waals surface area contributed by atoms with Crippen LogP contribution in [0.1, 0.15) is 5.82 Å². The van der Waals surface area contributed by atoms with Crippen molar-refractivity contribution in [3.63, 3.8) is 0 Å². The topological polar surface area (TPSA) is 70.8 Å². The molecule has 1 aromatic heterocycles. The molecule has 2 rings (SSSR count). The van der Waals surface area contributed by atoms with E-state index < -0.39 is 0 Å². The van der Waals surface area contributed by atoms with Crippen LogP contribution in [0.2, 0.25) is 0 Å². The standard InChI is InChI=1S/C14H26N6O/c1-18(2)4-5-19-6-8-20(9-7-19)14-10-12(15)16-13(17-14)11-21-3/h10H,4-9,11H2,1-3H3,(H2,15,16,17). The lowest BCUT2D eigenvalue weighted by molar-refractivity contribution is 0.178. The molecule has 0 saturated carbocycles. The van der Waals surface area contributed by atoms with Crippen LogP contribution in [0.25, 0.3) is 0 Å². The van der Waals surface area contributed by atoms with E-state index in [-0.39, 0.29) is 0 Å². The van der Waals surface area contributed by atoms with Crippen molar-refractivity contribution in [2.24, 2.45) is 0 Å². The largest absolute Gasteiger partial charge is 0.384 e. The van der Waals surface area contributed by atoms with Crippen LogP contribution < -0.4 is 10.6 Å². The molecular formula is C14H26N6O. The molecule has 0 amide bonds. The monoisotopic (exact) mass is 294 g/mol. The fourth-order valence-corrected chi connectivity index (χ4v) is 2.40. The van der Waals surface area contributed by atoms with E-state index in [9.17, 15) is 0 Å². The quantitative estimate of drug-likeness (QED) is 0.785. The van der Waals surface area contributed by atoms with E-state index in [2.05, 4.69) is 38.8 Å². The summed E-state index contributed by atoms with van der Waals surface area (Å²) in [4.78, 5) is 15.7. The Morgan fingerprint density at radius 3 is 2.57 bits per heavy atom. The summed E-state index contributed by atoms with van der Waals surface area (Å²) in [6, 6.07) is 1.84. The first kappa shape index (κ1) is 15.9. The highest BCUT2D eigenvalue weighted by molar-refractivity contribution is 5.47. The molecule has 1 aromatic rings. The first-order valence-corrected chi connectivity index (χ1v) is 7.33. The Morgan fingerprint density at radius 2 is 1.95 bits per heavy atom. The number of nitrogens with two attached hydrogens (primary N) is 1. The molecule has 1 aliphatic heterocycles. The van der Waals surface area contributed by atoms with E-state index in [1.165, 1.54) is 0 Å². The molecule has 21 heavy (non-hydrogen) atoms. The summed E-state index contributed by atoms with van der Waals surface area (Å²) in [5, 5.41) is 0. The van der Waals surface area contributed by atoms with Gasteiger partial charge in [0.05, 0.1) is 0 Å². The highest BCUT2D eigenvalue weighted by Crippen LogP contribution is 2.16. The number of nitrogen functional groups attached to an aromatic ring is 1. The van der Waals surface area contributed by atoms with Crippen molar-refractivity contribution in [2.45, 2.75) is 6.61 Å². The van der Waals surface area contributed by atoms with Gasteiger partial charge in [0, 0.05) is 52.4 Å². The van der Waals surface area contributed by atoms with Crippen molar-refractivity contribution >= 4 is 11.6 Å². The molecule has 0 aliphatic carbocycles. The van der Waals surface area contributed by atoms with E-state index in [0.717, 1.165) is 45.1 Å². The number of hydrogen-bond acceptors (Lipinski definition) is 7. The molecule has 118 valence electrons. The van der Waals surface area contributed by atoms with Gasteiger partial charge < -0.3 is 20.3 Å². The van der Waals surface area contributed by atoms with Gasteiger partial charge >= 0.3 is 0 Å². The van der Waals surface area contributed by atoms with Gasteiger partial charge in [-0.2, -0.15) is 0 Å². The van der Waals surface area contributed by atoms with Gasteiger partial charge in [-0.05, 0) is 14.1 Å². The van der Waals surface area contributed by atoms with Crippen LogP contribution in [0.5, 0.6) is 0 Å². The minimum Gasteiger partial charge on any atom is -0.384 e. The molecule has 1 fully saturated rings. The van der Waals surface area contributed by atoms with Crippen LogP contribution in [-0.2, 0) is 11.3 Å². The summed E-state index contributed by atoms with van der Waals surface area (Å²) in [6.07, 6.45) is 0. The number of piperazine rings is 1. The zero-order valence-corrected chi connectivity index (χ0v) is 13.2. The van der Waals surface area contributed by atoms with Crippen LogP contribution >= 0.6 is 0 Å². The van der Waals surface area contributed by atoms with E-state index >= 15 is 0 Å². The van der Waals surface area contributed by atoms with Crippen molar-refractivity contribution in [2.75, 3.05) is 71.1 Å². The highest BCUT2D eigenvalue weighted by atomic mass is 16.5. The smallest absolute Gasteiger partial charge is 0.158 e. The molecule has 7 heteroatoms. The molecule has 2 heterocycles. The summed E-state index contributed by atoms with van der Waals surface area (Å²) in [6.45, 7) is 6.64. The SMILES string of the molecule is COCc1nc(N)cc(N2CCN(CCN(C)C)CC2)n1. The Balaban J connectivity index is 1.92. The second-order valence-electron chi connectivity index (χ2n) is 5.63. The van der Waals surface area contributed by atoms with Gasteiger partial charge in [-0.3, -0.25) is 4.90 Å². The zero-order valence-electron chi connectivity index (χ0n) is 13.2. The average Bonchev–Trinajstić information content (AvgIpc) is 2.45. The molecule has 1 aliphatic rings. The molecule has 0 radical (unpaired) electrons. The van der Waals surface area contributed by atoms with Crippen molar-refractivity contribution in [1.82, 2.24) is 19.8 Å². The summed E-state index contributed by atoms with van der Waals surface area (Å²) in [7, 11) is 5.85. The third-order valence-corrected chi connectivity index (χ3v) is 3.61. The van der Waals surface area contributed by atoms with Crippen LogP contribution in [-0.4, -0.2) is 80.2 Å². The first-order valence-electron chi connectivity index (χ1n) is 7.33. The van der Waals surface area contributed by atoms with Gasteiger partial charge in [0.15, 0.2) is 5.82 Å². The number of anilines is 2. The van der Waals surface area contributed by atoms with Crippen molar-refractivity contribution < 1.29 is 4.74 Å². The number of methoxy groups -OCH3 is 1. The van der Waals surface area contributed by atoms with Crippen molar-refractivity contribution in [3.8, 4) is 0 Å². The number of aromatic nitrogens is 2. The Kier molecular flexibility index (Phi) is 5.72. The average molecular weight is 294 g/mol. The third kappa shape index (κ3) is 4.80. The van der Waals surface area contributed by atoms with E-state index in [1.54, 1.807) is 7.11 Å². The summed E-state index contributed by atoms with van der Waals surface area (Å²) < 4.78 is 5.08. The lowest BCUT2D eigenvalue weighted by Crippen LogP contribution is -2.48. The Morgan fingerprint density at radius 1 is 1.24 bits per heavy atom. The Bertz CT molecular complexity index is 445. The third-order valence-electron chi connectivity index (χ3n) is 3.61. The number of ether oxygens (including phenoxy) is 1. The zero-order chi connectivity index (χ0) is 15.2. The predicted molar refractivity (Wildman–Crippen MR) is 84.4 cm³/mol. The van der Waals surface area contributed by atoms with Gasteiger partial charge in [0.2, 0.25) is 0 Å². The molecule has 1 saturated heterocycles. The Labute approximate surface area is 126 Å². The van der Waals surface area contributed by atoms with Crippen LogP contribution in [0.15, 0.2) is 6.07 Å². The molecule has 0 bridgehead atoms. The van der Waals surface area contributed by atoms with Gasteiger partial charge in [-0.25, -0.2) is 9.97 Å². The number of hydrogen-bond donors (Lipinski definition) is 1. The normalized spacial score (nSPS) is 16.7. The fraction of sp³-hybridized carbons (Fsp3) is 0.714. The first-order chi connectivity index (χ1) is 10.1. The van der Waals surface area contributed by atoms with Gasteiger partial charge in [-0.1, -0.05) is 0 Å². The highest BCUT2D eigenvalue weighted by Gasteiger charge is 2.18. The molecule has 7 nitrogen and oxygen atoms in total. The molecule has 0 atom stereocenters. The fourth-order valence-electron chi connectivity index (χ4n) is 2.40. The minimum absolute atomic E-state index is 0.390. The number of likely N-dealkylation sites (N-methyl/N-ethyl adjacent to an activating group) is 1. The maximum atomic E-state index is 5.86. The van der Waals surface area contributed by atoms with Crippen LogP contribution in [0.3, 0.4) is 0 Å². The lowest BCUT2D eigenvalue weighted by atomic mass is 10.3. The van der Waals surface area contributed by atoms with E-state index in [1.807, 2.05) is 6.07 Å². The molecule has 0 unspecified atom stereocenters. The predicted octanol–water partition coefficient (Wildman–Crippen LogP) is -0.111. The molecule has 0 spiro atoms. The molecule has 2 N–H and O–H groups in total. The maximum Gasteiger partial charge on any atom is 0.158 e. The van der Waals surface area contributed by atoms with Crippen LogP contribution in [0.4, 0.5) is 11.6 Å². The second-order valence-corrected chi connectivity index (χ2v) is 5.63. The van der Waals surface area contributed by atoms with E-state index in [4.69, 9.17) is 10.5 Å².